The van der Waals surface area contributed by atoms with Crippen molar-refractivity contribution in [1.82, 2.24) is 0 Å². The molecule has 0 amide bonds. The molecule has 1 aliphatic carbocycles. The molecule has 0 aliphatic heterocycles. The van der Waals surface area contributed by atoms with Gasteiger partial charge in [-0.1, -0.05) is 27.7 Å². The molecule has 0 heterocycles. The summed E-state index contributed by atoms with van der Waals surface area (Å²) in [7, 11) is 0. The number of hydrogen-bond acceptors (Lipinski definition) is 0. The van der Waals surface area contributed by atoms with E-state index in [1.165, 1.54) is 0 Å². The maximum Gasteiger partial charge on any atom is 0.269 e. The molecule has 82 valence electrons. The zero-order valence-corrected chi connectivity index (χ0v) is 9.48. The Morgan fingerprint density at radius 3 is 1.57 bits per heavy atom. The van der Waals surface area contributed by atoms with Crippen LogP contribution in [0.2, 0.25) is 0 Å². The van der Waals surface area contributed by atoms with E-state index in [2.05, 4.69) is 27.7 Å². The minimum Gasteiger partial charge on any atom is -0.173 e. The summed E-state index contributed by atoms with van der Waals surface area (Å²) in [5, 5.41) is 0. The van der Waals surface area contributed by atoms with Crippen LogP contribution in [0, 0.1) is 23.7 Å². The second-order valence-corrected chi connectivity index (χ2v) is 5.09. The monoisotopic (exact) mass is 202 g/mol. The molecule has 0 radical (unpaired) electrons. The largest absolute Gasteiger partial charge is 0.269 e. The van der Waals surface area contributed by atoms with Crippen LogP contribution < -0.4 is 0 Å². The number of halogens is 2. The normalized spacial score (nSPS) is 27.9. The van der Waals surface area contributed by atoms with Gasteiger partial charge in [-0.25, -0.2) is 0 Å². The molecule has 0 saturated heterocycles. The Morgan fingerprint density at radius 2 is 1.36 bits per heavy atom. The van der Waals surface area contributed by atoms with Crippen LogP contribution in [0.3, 0.4) is 0 Å². The van der Waals surface area contributed by atoms with Crippen molar-refractivity contribution in [3.05, 3.63) is 11.7 Å². The highest BCUT2D eigenvalue weighted by atomic mass is 19.3. The van der Waals surface area contributed by atoms with E-state index in [9.17, 15) is 8.78 Å². The highest BCUT2D eigenvalue weighted by Gasteiger charge is 2.36. The van der Waals surface area contributed by atoms with Gasteiger partial charge in [0.1, 0.15) is 0 Å². The molecule has 14 heavy (non-hydrogen) atoms. The third-order valence-electron chi connectivity index (χ3n) is 3.49. The predicted molar refractivity (Wildman–Crippen MR) is 55.1 cm³/mol. The molecule has 0 nitrogen and oxygen atoms in total. The Bertz CT molecular complexity index is 206. The summed E-state index contributed by atoms with van der Waals surface area (Å²) in [6.07, 6.45) is -0.204. The minimum atomic E-state index is -1.43. The number of rotatable bonds is 2. The van der Waals surface area contributed by atoms with Crippen LogP contribution >= 0.6 is 0 Å². The number of hydrogen-bond donors (Lipinski definition) is 0. The second-order valence-electron chi connectivity index (χ2n) is 5.09. The van der Waals surface area contributed by atoms with Crippen LogP contribution in [-0.4, -0.2) is 0 Å². The smallest absolute Gasteiger partial charge is 0.173 e. The van der Waals surface area contributed by atoms with E-state index in [4.69, 9.17) is 0 Å². The standard InChI is InChI=1S/C12H20F2/c1-7(2)10-5-9(12(13)14)6-11(10)8(3)4/h7-8,10-11H,5-6H2,1-4H3. The molecule has 0 aromatic rings. The summed E-state index contributed by atoms with van der Waals surface area (Å²) in [4.78, 5) is 0. The van der Waals surface area contributed by atoms with E-state index >= 15 is 0 Å². The van der Waals surface area contributed by atoms with Gasteiger partial charge in [0.05, 0.1) is 0 Å². The molecule has 0 spiro atoms. The summed E-state index contributed by atoms with van der Waals surface area (Å²) in [5.41, 5.74) is 0.405. The molecule has 1 fully saturated rings. The fourth-order valence-electron chi connectivity index (χ4n) is 2.57. The average Bonchev–Trinajstić information content (AvgIpc) is 2.47. The summed E-state index contributed by atoms with van der Waals surface area (Å²) >= 11 is 0. The lowest BCUT2D eigenvalue weighted by atomic mass is 9.80. The Morgan fingerprint density at radius 1 is 1.00 bits per heavy atom. The number of allylic oxidation sites excluding steroid dienone is 1. The molecular formula is C12H20F2. The lowest BCUT2D eigenvalue weighted by Gasteiger charge is -2.25. The van der Waals surface area contributed by atoms with E-state index in [-0.39, 0.29) is 0 Å². The quantitative estimate of drug-likeness (QED) is 0.619. The third kappa shape index (κ3) is 2.34. The first-order valence-corrected chi connectivity index (χ1v) is 5.46. The molecule has 2 atom stereocenters. The Labute approximate surface area is 85.4 Å². The first-order valence-electron chi connectivity index (χ1n) is 5.46. The van der Waals surface area contributed by atoms with Crippen LogP contribution in [0.4, 0.5) is 8.78 Å². The molecule has 0 aromatic heterocycles. The third-order valence-corrected chi connectivity index (χ3v) is 3.49. The van der Waals surface area contributed by atoms with Gasteiger partial charge in [0.25, 0.3) is 6.08 Å². The first kappa shape index (κ1) is 11.7. The van der Waals surface area contributed by atoms with Crippen molar-refractivity contribution >= 4 is 0 Å². The van der Waals surface area contributed by atoms with Crippen molar-refractivity contribution in [3.8, 4) is 0 Å². The Balaban J connectivity index is 2.81. The summed E-state index contributed by atoms with van der Waals surface area (Å²) in [5.74, 6) is 1.93. The van der Waals surface area contributed by atoms with Crippen LogP contribution in [0.25, 0.3) is 0 Å². The van der Waals surface area contributed by atoms with Crippen molar-refractivity contribution in [2.75, 3.05) is 0 Å². The van der Waals surface area contributed by atoms with Crippen LogP contribution in [-0.2, 0) is 0 Å². The first-order chi connectivity index (χ1) is 6.43. The van der Waals surface area contributed by atoms with Crippen molar-refractivity contribution in [2.45, 2.75) is 40.5 Å². The van der Waals surface area contributed by atoms with Crippen molar-refractivity contribution < 1.29 is 8.78 Å². The van der Waals surface area contributed by atoms with E-state index in [1.54, 1.807) is 0 Å². The van der Waals surface area contributed by atoms with Gasteiger partial charge in [-0.15, -0.1) is 0 Å². The lowest BCUT2D eigenvalue weighted by molar-refractivity contribution is 0.235. The predicted octanol–water partition coefficient (Wildman–Crippen LogP) is 4.48. The van der Waals surface area contributed by atoms with Crippen LogP contribution in [0.1, 0.15) is 40.5 Å². The lowest BCUT2D eigenvalue weighted by Crippen LogP contribution is -2.18. The zero-order valence-electron chi connectivity index (χ0n) is 9.48. The molecule has 1 saturated carbocycles. The molecule has 2 heteroatoms. The molecule has 2 unspecified atom stereocenters. The fourth-order valence-corrected chi connectivity index (χ4v) is 2.57. The van der Waals surface area contributed by atoms with E-state index in [1.807, 2.05) is 0 Å². The molecule has 1 rings (SSSR count). The average molecular weight is 202 g/mol. The summed E-state index contributed by atoms with van der Waals surface area (Å²) in [6.45, 7) is 8.55. The van der Waals surface area contributed by atoms with Crippen LogP contribution in [0.5, 0.6) is 0 Å². The molecular weight excluding hydrogens is 182 g/mol. The van der Waals surface area contributed by atoms with Crippen molar-refractivity contribution in [2.24, 2.45) is 23.7 Å². The fraction of sp³-hybridized carbons (Fsp3) is 0.833. The summed E-state index contributed by atoms with van der Waals surface area (Å²) in [6, 6.07) is 0. The van der Waals surface area contributed by atoms with Gasteiger partial charge >= 0.3 is 0 Å². The van der Waals surface area contributed by atoms with Gasteiger partial charge in [-0.05, 0) is 42.1 Å². The second kappa shape index (κ2) is 4.41. The van der Waals surface area contributed by atoms with Crippen molar-refractivity contribution in [1.29, 1.82) is 0 Å². The van der Waals surface area contributed by atoms with E-state index < -0.39 is 6.08 Å². The highest BCUT2D eigenvalue weighted by Crippen LogP contribution is 2.45. The molecule has 1 aliphatic rings. The van der Waals surface area contributed by atoms with Crippen LogP contribution in [0.15, 0.2) is 11.7 Å². The highest BCUT2D eigenvalue weighted by molar-refractivity contribution is 5.12. The Kier molecular flexibility index (Phi) is 3.68. The maximum atomic E-state index is 12.5. The van der Waals surface area contributed by atoms with E-state index in [0.29, 0.717) is 42.1 Å². The summed E-state index contributed by atoms with van der Waals surface area (Å²) < 4.78 is 25.0. The molecule has 0 N–H and O–H groups in total. The zero-order chi connectivity index (χ0) is 10.9. The van der Waals surface area contributed by atoms with Gasteiger partial charge < -0.3 is 0 Å². The maximum absolute atomic E-state index is 12.5. The minimum absolute atomic E-state index is 0.405. The van der Waals surface area contributed by atoms with Gasteiger partial charge in [0.2, 0.25) is 0 Å². The SMILES string of the molecule is CC(C)C1CC(=C(F)F)CC1C(C)C. The topological polar surface area (TPSA) is 0 Å². The molecule has 0 aromatic carbocycles. The van der Waals surface area contributed by atoms with Gasteiger partial charge in [-0.2, -0.15) is 8.78 Å². The van der Waals surface area contributed by atoms with Crippen molar-refractivity contribution in [3.63, 3.8) is 0 Å². The van der Waals surface area contributed by atoms with Gasteiger partial charge in [-0.3, -0.25) is 0 Å². The molecule has 0 bridgehead atoms. The van der Waals surface area contributed by atoms with E-state index in [0.717, 1.165) is 0 Å². The van der Waals surface area contributed by atoms with Gasteiger partial charge in [0.15, 0.2) is 0 Å². The Hall–Kier alpha value is -0.400. The van der Waals surface area contributed by atoms with Gasteiger partial charge in [0, 0.05) is 0 Å².